The molecule has 0 bridgehead atoms. The number of hydrogen-bond acceptors (Lipinski definition) is 4. The summed E-state index contributed by atoms with van der Waals surface area (Å²) >= 11 is 0. The Morgan fingerprint density at radius 3 is 2.70 bits per heavy atom. The maximum Gasteiger partial charge on any atom is 0.232 e. The van der Waals surface area contributed by atoms with E-state index in [0.717, 1.165) is 24.9 Å². The van der Waals surface area contributed by atoms with Gasteiger partial charge in [0.25, 0.3) is 0 Å². The zero-order valence-corrected chi connectivity index (χ0v) is 17.1. The number of hydrogen-bond donors (Lipinski definition) is 2. The fraction of sp³-hybridized carbons (Fsp3) is 0.600. The van der Waals surface area contributed by atoms with Crippen LogP contribution in [-0.4, -0.2) is 31.5 Å². The molecule has 1 saturated carbocycles. The van der Waals surface area contributed by atoms with Crippen molar-refractivity contribution < 1.29 is 14.3 Å². The number of halogens is 1. The molecule has 0 unspecified atom stereocenters. The predicted molar refractivity (Wildman–Crippen MR) is 110 cm³/mol. The van der Waals surface area contributed by atoms with E-state index in [0.29, 0.717) is 31.1 Å². The molecule has 1 aromatic carbocycles. The number of amides is 2. The lowest BCUT2D eigenvalue weighted by Crippen LogP contribution is -2.44. The highest BCUT2D eigenvalue weighted by Gasteiger charge is 2.34. The van der Waals surface area contributed by atoms with Crippen LogP contribution >= 0.6 is 12.4 Å². The van der Waals surface area contributed by atoms with Gasteiger partial charge in [0.15, 0.2) is 0 Å². The van der Waals surface area contributed by atoms with Crippen LogP contribution in [0.3, 0.4) is 0 Å². The summed E-state index contributed by atoms with van der Waals surface area (Å²) in [5.41, 5.74) is 6.72. The van der Waals surface area contributed by atoms with Crippen LogP contribution in [0.2, 0.25) is 0 Å². The minimum atomic E-state index is -0.480. The SMILES string of the molecule is CC(C)(C)C(=O)N1CCOc2ccc(NC(=O)[C@@H]3CCC[C@@H]3CN)cc21.Cl. The van der Waals surface area contributed by atoms with Crippen LogP contribution in [0.5, 0.6) is 5.75 Å². The third-order valence-corrected chi connectivity index (χ3v) is 5.28. The van der Waals surface area contributed by atoms with Crippen molar-refractivity contribution in [1.82, 2.24) is 0 Å². The first-order valence-electron chi connectivity index (χ1n) is 9.41. The number of nitrogens with one attached hydrogen (secondary N) is 1. The minimum Gasteiger partial charge on any atom is -0.490 e. The number of anilines is 2. The first-order valence-corrected chi connectivity index (χ1v) is 9.41. The highest BCUT2D eigenvalue weighted by Crippen LogP contribution is 2.37. The monoisotopic (exact) mass is 395 g/mol. The summed E-state index contributed by atoms with van der Waals surface area (Å²) in [5, 5.41) is 3.01. The van der Waals surface area contributed by atoms with Crippen molar-refractivity contribution >= 4 is 35.6 Å². The van der Waals surface area contributed by atoms with Crippen molar-refractivity contribution in [1.29, 1.82) is 0 Å². The van der Waals surface area contributed by atoms with Crippen LogP contribution in [0, 0.1) is 17.3 Å². The van der Waals surface area contributed by atoms with Gasteiger partial charge in [0.2, 0.25) is 11.8 Å². The molecular weight excluding hydrogens is 366 g/mol. The first kappa shape index (κ1) is 21.5. The van der Waals surface area contributed by atoms with Crippen molar-refractivity contribution in [2.24, 2.45) is 23.0 Å². The molecule has 150 valence electrons. The van der Waals surface area contributed by atoms with Gasteiger partial charge in [-0.05, 0) is 43.5 Å². The molecule has 6 nitrogen and oxygen atoms in total. The lowest BCUT2D eigenvalue weighted by molar-refractivity contribution is -0.126. The van der Waals surface area contributed by atoms with E-state index in [1.165, 1.54) is 0 Å². The number of nitrogens with two attached hydrogens (primary N) is 1. The fourth-order valence-corrected chi connectivity index (χ4v) is 3.81. The molecule has 0 aromatic heterocycles. The van der Waals surface area contributed by atoms with E-state index in [2.05, 4.69) is 5.32 Å². The van der Waals surface area contributed by atoms with E-state index in [1.807, 2.05) is 39.0 Å². The van der Waals surface area contributed by atoms with E-state index in [-0.39, 0.29) is 36.1 Å². The second kappa shape index (κ2) is 8.48. The molecule has 0 radical (unpaired) electrons. The Kier molecular flexibility index (Phi) is 6.76. The summed E-state index contributed by atoms with van der Waals surface area (Å²) in [6.45, 7) is 7.25. The Labute approximate surface area is 167 Å². The number of nitrogens with zero attached hydrogens (tertiary/aromatic N) is 1. The minimum absolute atomic E-state index is 0. The van der Waals surface area contributed by atoms with Crippen molar-refractivity contribution in [2.75, 3.05) is 29.9 Å². The van der Waals surface area contributed by atoms with Gasteiger partial charge in [-0.2, -0.15) is 0 Å². The zero-order chi connectivity index (χ0) is 18.9. The van der Waals surface area contributed by atoms with Crippen LogP contribution < -0.4 is 20.7 Å². The number of fused-ring (bicyclic) bond motifs is 1. The second-order valence-corrected chi connectivity index (χ2v) is 8.26. The second-order valence-electron chi connectivity index (χ2n) is 8.26. The van der Waals surface area contributed by atoms with Gasteiger partial charge in [0.1, 0.15) is 12.4 Å². The molecule has 0 saturated heterocycles. The van der Waals surface area contributed by atoms with Gasteiger partial charge in [-0.15, -0.1) is 12.4 Å². The molecule has 1 aliphatic carbocycles. The van der Waals surface area contributed by atoms with E-state index in [9.17, 15) is 9.59 Å². The summed E-state index contributed by atoms with van der Waals surface area (Å²) in [6.07, 6.45) is 2.95. The van der Waals surface area contributed by atoms with Gasteiger partial charge in [0.05, 0.1) is 12.2 Å². The van der Waals surface area contributed by atoms with Gasteiger partial charge in [-0.25, -0.2) is 0 Å². The molecule has 1 aliphatic heterocycles. The smallest absolute Gasteiger partial charge is 0.232 e. The maximum atomic E-state index is 12.8. The van der Waals surface area contributed by atoms with Crippen LogP contribution in [0.4, 0.5) is 11.4 Å². The Hall–Kier alpha value is -1.79. The van der Waals surface area contributed by atoms with Crippen molar-refractivity contribution in [3.63, 3.8) is 0 Å². The third-order valence-electron chi connectivity index (χ3n) is 5.28. The Morgan fingerprint density at radius 1 is 1.30 bits per heavy atom. The summed E-state index contributed by atoms with van der Waals surface area (Å²) in [7, 11) is 0. The molecule has 2 atom stereocenters. The lowest BCUT2D eigenvalue weighted by atomic mass is 9.94. The molecule has 0 spiro atoms. The van der Waals surface area contributed by atoms with Crippen molar-refractivity contribution in [3.8, 4) is 5.75 Å². The lowest BCUT2D eigenvalue weighted by Gasteiger charge is -2.34. The Bertz CT molecular complexity index is 702. The molecule has 2 amide bonds. The summed E-state index contributed by atoms with van der Waals surface area (Å²) in [4.78, 5) is 27.2. The summed E-state index contributed by atoms with van der Waals surface area (Å²) in [6, 6.07) is 5.48. The molecule has 1 fully saturated rings. The van der Waals surface area contributed by atoms with Crippen LogP contribution in [-0.2, 0) is 9.59 Å². The van der Waals surface area contributed by atoms with Crippen LogP contribution in [0.15, 0.2) is 18.2 Å². The fourth-order valence-electron chi connectivity index (χ4n) is 3.81. The Balaban J connectivity index is 0.00000261. The standard InChI is InChI=1S/C20H29N3O3.ClH/c1-20(2,3)19(25)23-9-10-26-17-8-7-14(11-16(17)23)22-18(24)15-6-4-5-13(15)12-21;/h7-8,11,13,15H,4-6,9-10,12,21H2,1-3H3,(H,22,24);1H/t13-,15-;/m1./s1. The largest absolute Gasteiger partial charge is 0.490 e. The van der Waals surface area contributed by atoms with E-state index in [4.69, 9.17) is 10.5 Å². The van der Waals surface area contributed by atoms with Crippen LogP contribution in [0.25, 0.3) is 0 Å². The average molecular weight is 396 g/mol. The maximum absolute atomic E-state index is 12.8. The van der Waals surface area contributed by atoms with Gasteiger partial charge >= 0.3 is 0 Å². The summed E-state index contributed by atoms with van der Waals surface area (Å²) in [5.74, 6) is 0.968. The van der Waals surface area contributed by atoms with Gasteiger partial charge in [-0.3, -0.25) is 9.59 Å². The van der Waals surface area contributed by atoms with Crippen molar-refractivity contribution in [3.05, 3.63) is 18.2 Å². The molecule has 7 heteroatoms. The van der Waals surface area contributed by atoms with Gasteiger partial charge in [-0.1, -0.05) is 27.2 Å². The normalized spacial score (nSPS) is 21.7. The van der Waals surface area contributed by atoms with E-state index in [1.54, 1.807) is 4.90 Å². The number of carbonyl (C=O) groups is 2. The molecular formula is C20H30ClN3O3. The van der Waals surface area contributed by atoms with Crippen LogP contribution in [0.1, 0.15) is 40.0 Å². The highest BCUT2D eigenvalue weighted by molar-refractivity contribution is 6.00. The topological polar surface area (TPSA) is 84.7 Å². The molecule has 1 heterocycles. The Morgan fingerprint density at radius 2 is 2.04 bits per heavy atom. The average Bonchev–Trinajstić information content (AvgIpc) is 3.08. The third kappa shape index (κ3) is 4.55. The molecule has 3 rings (SSSR count). The number of rotatable bonds is 3. The number of carbonyl (C=O) groups excluding carboxylic acids is 2. The number of benzene rings is 1. The molecule has 3 N–H and O–H groups in total. The number of ether oxygens (including phenoxy) is 1. The van der Waals surface area contributed by atoms with E-state index >= 15 is 0 Å². The molecule has 2 aliphatic rings. The summed E-state index contributed by atoms with van der Waals surface area (Å²) < 4.78 is 5.69. The first-order chi connectivity index (χ1) is 12.3. The van der Waals surface area contributed by atoms with E-state index < -0.39 is 5.41 Å². The predicted octanol–water partition coefficient (Wildman–Crippen LogP) is 3.19. The van der Waals surface area contributed by atoms with Crippen molar-refractivity contribution in [2.45, 2.75) is 40.0 Å². The van der Waals surface area contributed by atoms with Gasteiger partial charge in [0, 0.05) is 17.0 Å². The quantitative estimate of drug-likeness (QED) is 0.823. The highest BCUT2D eigenvalue weighted by atomic mass is 35.5. The van der Waals surface area contributed by atoms with Gasteiger partial charge < -0.3 is 20.7 Å². The molecule has 27 heavy (non-hydrogen) atoms. The molecule has 1 aromatic rings. The zero-order valence-electron chi connectivity index (χ0n) is 16.3.